The Morgan fingerprint density at radius 1 is 1.42 bits per heavy atom. The SMILES string of the molecule is COCC(O)CN(C)CCCOc1cccc(Cl)c1. The average molecular weight is 288 g/mol. The lowest BCUT2D eigenvalue weighted by molar-refractivity contribution is 0.0424. The van der Waals surface area contributed by atoms with Crippen LogP contribution in [0.1, 0.15) is 6.42 Å². The fourth-order valence-corrected chi connectivity index (χ4v) is 1.96. The van der Waals surface area contributed by atoms with Crippen molar-refractivity contribution in [2.24, 2.45) is 0 Å². The zero-order chi connectivity index (χ0) is 14.1. The number of aliphatic hydroxyl groups excluding tert-OH is 1. The highest BCUT2D eigenvalue weighted by Crippen LogP contribution is 2.17. The molecule has 19 heavy (non-hydrogen) atoms. The second-order valence-corrected chi connectivity index (χ2v) is 4.97. The van der Waals surface area contributed by atoms with Gasteiger partial charge in [-0.2, -0.15) is 0 Å². The first kappa shape index (κ1) is 16.2. The molecule has 1 atom stereocenters. The molecule has 5 heteroatoms. The summed E-state index contributed by atoms with van der Waals surface area (Å²) in [6.07, 6.45) is 0.451. The zero-order valence-corrected chi connectivity index (χ0v) is 12.3. The van der Waals surface area contributed by atoms with E-state index in [0.717, 1.165) is 18.7 Å². The quantitative estimate of drug-likeness (QED) is 0.706. The monoisotopic (exact) mass is 287 g/mol. The molecular weight excluding hydrogens is 266 g/mol. The van der Waals surface area contributed by atoms with E-state index in [-0.39, 0.29) is 0 Å². The van der Waals surface area contributed by atoms with Crippen molar-refractivity contribution >= 4 is 11.6 Å². The molecule has 0 saturated heterocycles. The molecule has 0 aromatic heterocycles. The van der Waals surface area contributed by atoms with E-state index in [1.807, 2.05) is 25.2 Å². The van der Waals surface area contributed by atoms with Gasteiger partial charge in [0.05, 0.1) is 19.3 Å². The second-order valence-electron chi connectivity index (χ2n) is 4.53. The normalized spacial score (nSPS) is 12.7. The van der Waals surface area contributed by atoms with E-state index in [2.05, 4.69) is 4.90 Å². The predicted molar refractivity (Wildman–Crippen MR) is 76.9 cm³/mol. The van der Waals surface area contributed by atoms with Crippen LogP contribution in [-0.2, 0) is 4.74 Å². The van der Waals surface area contributed by atoms with Gasteiger partial charge in [-0.15, -0.1) is 0 Å². The summed E-state index contributed by atoms with van der Waals surface area (Å²) in [5.41, 5.74) is 0. The van der Waals surface area contributed by atoms with Gasteiger partial charge in [-0.1, -0.05) is 17.7 Å². The molecule has 1 rings (SSSR count). The van der Waals surface area contributed by atoms with Gasteiger partial charge in [0.2, 0.25) is 0 Å². The van der Waals surface area contributed by atoms with Gasteiger partial charge in [0.1, 0.15) is 5.75 Å². The summed E-state index contributed by atoms with van der Waals surface area (Å²) in [6.45, 7) is 2.46. The molecule has 0 amide bonds. The summed E-state index contributed by atoms with van der Waals surface area (Å²) in [5.74, 6) is 0.787. The van der Waals surface area contributed by atoms with E-state index in [0.29, 0.717) is 24.8 Å². The van der Waals surface area contributed by atoms with Crippen LogP contribution in [0.15, 0.2) is 24.3 Å². The first-order valence-corrected chi connectivity index (χ1v) is 6.73. The van der Waals surface area contributed by atoms with E-state index in [4.69, 9.17) is 21.1 Å². The van der Waals surface area contributed by atoms with Crippen molar-refractivity contribution in [1.29, 1.82) is 0 Å². The number of benzene rings is 1. The number of aliphatic hydroxyl groups is 1. The molecule has 0 aliphatic heterocycles. The number of nitrogens with zero attached hydrogens (tertiary/aromatic N) is 1. The molecule has 0 fully saturated rings. The lowest BCUT2D eigenvalue weighted by Gasteiger charge is -2.20. The summed E-state index contributed by atoms with van der Waals surface area (Å²) in [7, 11) is 3.56. The molecule has 108 valence electrons. The van der Waals surface area contributed by atoms with Crippen LogP contribution < -0.4 is 4.74 Å². The highest BCUT2D eigenvalue weighted by Gasteiger charge is 2.07. The molecule has 0 aliphatic rings. The molecule has 1 aromatic rings. The molecule has 0 aliphatic carbocycles. The predicted octanol–water partition coefficient (Wildman–Crippen LogP) is 2.05. The molecular formula is C14H22ClNO3. The highest BCUT2D eigenvalue weighted by molar-refractivity contribution is 6.30. The number of hydrogen-bond acceptors (Lipinski definition) is 4. The molecule has 1 aromatic carbocycles. The summed E-state index contributed by atoms with van der Waals surface area (Å²) in [5, 5.41) is 10.3. The van der Waals surface area contributed by atoms with Gasteiger partial charge in [0, 0.05) is 25.2 Å². The third-order valence-corrected chi connectivity index (χ3v) is 2.87. The van der Waals surface area contributed by atoms with E-state index in [1.54, 1.807) is 13.2 Å². The molecule has 0 saturated carbocycles. The third-order valence-electron chi connectivity index (χ3n) is 2.63. The van der Waals surface area contributed by atoms with Crippen LogP contribution in [0.2, 0.25) is 5.02 Å². The number of ether oxygens (including phenoxy) is 2. The highest BCUT2D eigenvalue weighted by atomic mass is 35.5. The maximum atomic E-state index is 9.57. The minimum atomic E-state index is -0.441. The topological polar surface area (TPSA) is 41.9 Å². The number of methoxy groups -OCH3 is 1. The minimum Gasteiger partial charge on any atom is -0.493 e. The van der Waals surface area contributed by atoms with E-state index in [9.17, 15) is 5.11 Å². The zero-order valence-electron chi connectivity index (χ0n) is 11.5. The summed E-state index contributed by atoms with van der Waals surface area (Å²) >= 11 is 5.87. The number of likely N-dealkylation sites (N-methyl/N-ethyl adjacent to an activating group) is 1. The Morgan fingerprint density at radius 2 is 2.21 bits per heavy atom. The molecule has 1 unspecified atom stereocenters. The Balaban J connectivity index is 2.13. The fourth-order valence-electron chi connectivity index (χ4n) is 1.78. The van der Waals surface area contributed by atoms with Gasteiger partial charge in [-0.05, 0) is 31.7 Å². The first-order chi connectivity index (χ1) is 9.11. The van der Waals surface area contributed by atoms with Crippen LogP contribution in [-0.4, -0.2) is 56.6 Å². The van der Waals surface area contributed by atoms with Crippen molar-refractivity contribution < 1.29 is 14.6 Å². The Kier molecular flexibility index (Phi) is 7.82. The van der Waals surface area contributed by atoms with Gasteiger partial charge < -0.3 is 19.5 Å². The molecule has 4 nitrogen and oxygen atoms in total. The Hall–Kier alpha value is -0.810. The van der Waals surface area contributed by atoms with Gasteiger partial charge in [0.15, 0.2) is 0 Å². The van der Waals surface area contributed by atoms with Crippen molar-refractivity contribution in [2.45, 2.75) is 12.5 Å². The largest absolute Gasteiger partial charge is 0.493 e. The van der Waals surface area contributed by atoms with E-state index in [1.165, 1.54) is 0 Å². The van der Waals surface area contributed by atoms with Crippen LogP contribution in [0.5, 0.6) is 5.75 Å². The fraction of sp³-hybridized carbons (Fsp3) is 0.571. The third kappa shape index (κ3) is 7.38. The van der Waals surface area contributed by atoms with Crippen molar-refractivity contribution in [2.75, 3.05) is 40.5 Å². The van der Waals surface area contributed by atoms with Crippen LogP contribution in [0, 0.1) is 0 Å². The summed E-state index contributed by atoms with van der Waals surface area (Å²) < 4.78 is 10.5. The summed E-state index contributed by atoms with van der Waals surface area (Å²) in [4.78, 5) is 2.06. The summed E-state index contributed by atoms with van der Waals surface area (Å²) in [6, 6.07) is 7.37. The van der Waals surface area contributed by atoms with E-state index < -0.39 is 6.10 Å². The Morgan fingerprint density at radius 3 is 2.89 bits per heavy atom. The van der Waals surface area contributed by atoms with Gasteiger partial charge in [-0.3, -0.25) is 0 Å². The van der Waals surface area contributed by atoms with Crippen LogP contribution >= 0.6 is 11.6 Å². The van der Waals surface area contributed by atoms with Gasteiger partial charge in [0.25, 0.3) is 0 Å². The van der Waals surface area contributed by atoms with Crippen LogP contribution in [0.25, 0.3) is 0 Å². The van der Waals surface area contributed by atoms with Gasteiger partial charge in [-0.25, -0.2) is 0 Å². The first-order valence-electron chi connectivity index (χ1n) is 6.35. The molecule has 0 radical (unpaired) electrons. The Bertz CT molecular complexity index is 362. The molecule has 0 bridgehead atoms. The molecule has 1 N–H and O–H groups in total. The van der Waals surface area contributed by atoms with Crippen LogP contribution in [0.3, 0.4) is 0 Å². The molecule has 0 spiro atoms. The number of hydrogen-bond donors (Lipinski definition) is 1. The maximum absolute atomic E-state index is 9.57. The lowest BCUT2D eigenvalue weighted by atomic mass is 10.3. The van der Waals surface area contributed by atoms with E-state index >= 15 is 0 Å². The second kappa shape index (κ2) is 9.15. The number of halogens is 1. The average Bonchev–Trinajstić information content (AvgIpc) is 2.35. The van der Waals surface area contributed by atoms with Crippen molar-refractivity contribution in [3.05, 3.63) is 29.3 Å². The van der Waals surface area contributed by atoms with Crippen molar-refractivity contribution in [3.8, 4) is 5.75 Å². The van der Waals surface area contributed by atoms with Crippen LogP contribution in [0.4, 0.5) is 0 Å². The standard InChI is InChI=1S/C14H22ClNO3/c1-16(10-13(17)11-18-2)7-4-8-19-14-6-3-5-12(15)9-14/h3,5-6,9,13,17H,4,7-8,10-11H2,1-2H3. The smallest absolute Gasteiger partial charge is 0.120 e. The minimum absolute atomic E-state index is 0.364. The number of rotatable bonds is 9. The Labute approximate surface area is 119 Å². The van der Waals surface area contributed by atoms with Crippen molar-refractivity contribution in [1.82, 2.24) is 4.90 Å². The van der Waals surface area contributed by atoms with Crippen molar-refractivity contribution in [3.63, 3.8) is 0 Å². The van der Waals surface area contributed by atoms with Gasteiger partial charge >= 0.3 is 0 Å². The maximum Gasteiger partial charge on any atom is 0.120 e. The lowest BCUT2D eigenvalue weighted by Crippen LogP contribution is -2.33. The molecule has 0 heterocycles.